The van der Waals surface area contributed by atoms with Gasteiger partial charge in [0.2, 0.25) is 0 Å². The van der Waals surface area contributed by atoms with Crippen LogP contribution in [0.25, 0.3) is 0 Å². The average molecular weight is 386 g/mol. The number of hydrogen-bond donors (Lipinski definition) is 0. The summed E-state index contributed by atoms with van der Waals surface area (Å²) in [6.07, 6.45) is 0. The second-order valence-corrected chi connectivity index (χ2v) is 6.14. The maximum Gasteiger partial charge on any atom is 0.338 e. The molecule has 0 spiro atoms. The fourth-order valence-corrected chi connectivity index (χ4v) is 2.50. The van der Waals surface area contributed by atoms with E-state index >= 15 is 0 Å². The molecule has 0 heterocycles. The highest BCUT2D eigenvalue weighted by Crippen LogP contribution is 2.19. The van der Waals surface area contributed by atoms with Gasteiger partial charge in [-0.1, -0.05) is 12.1 Å². The number of benzene rings is 2. The van der Waals surface area contributed by atoms with Crippen LogP contribution in [0.2, 0.25) is 0 Å². The molecule has 0 aromatic heterocycles. The van der Waals surface area contributed by atoms with Gasteiger partial charge in [0.15, 0.2) is 0 Å². The van der Waals surface area contributed by atoms with E-state index in [1.165, 1.54) is 11.0 Å². The predicted molar refractivity (Wildman–Crippen MR) is 103 cm³/mol. The molecule has 0 aliphatic carbocycles. The topological polar surface area (TPSA) is 99.0 Å². The summed E-state index contributed by atoms with van der Waals surface area (Å²) in [5, 5.41) is 11.1. The summed E-state index contributed by atoms with van der Waals surface area (Å²) in [7, 11) is 1.56. The highest BCUT2D eigenvalue weighted by atomic mass is 16.6. The van der Waals surface area contributed by atoms with E-state index in [0.29, 0.717) is 5.75 Å². The number of esters is 1. The largest absolute Gasteiger partial charge is 0.492 e. The molecular weight excluding hydrogens is 364 g/mol. The van der Waals surface area contributed by atoms with E-state index in [1.807, 2.05) is 31.2 Å². The zero-order valence-electron chi connectivity index (χ0n) is 16.0. The van der Waals surface area contributed by atoms with Gasteiger partial charge in [-0.25, -0.2) is 4.79 Å². The Morgan fingerprint density at radius 3 is 2.50 bits per heavy atom. The maximum atomic E-state index is 12.6. The molecule has 2 aromatic carbocycles. The van der Waals surface area contributed by atoms with Crippen LogP contribution in [0.3, 0.4) is 0 Å². The Morgan fingerprint density at radius 1 is 1.14 bits per heavy atom. The Bertz CT molecular complexity index is 881. The van der Waals surface area contributed by atoms with Crippen molar-refractivity contribution in [3.8, 4) is 5.75 Å². The summed E-state index contributed by atoms with van der Waals surface area (Å²) in [6, 6.07) is 11.1. The fourth-order valence-electron chi connectivity index (χ4n) is 2.50. The molecule has 0 unspecified atom stereocenters. The number of nitrogens with zero attached hydrogens (tertiary/aromatic N) is 2. The first-order valence-electron chi connectivity index (χ1n) is 8.73. The van der Waals surface area contributed by atoms with Crippen molar-refractivity contribution in [1.29, 1.82) is 0 Å². The first kappa shape index (κ1) is 20.9. The van der Waals surface area contributed by atoms with E-state index in [9.17, 15) is 19.7 Å². The summed E-state index contributed by atoms with van der Waals surface area (Å²) in [5.74, 6) is -0.478. The molecule has 0 fully saturated rings. The van der Waals surface area contributed by atoms with Gasteiger partial charge in [-0.3, -0.25) is 14.9 Å². The van der Waals surface area contributed by atoms with Gasteiger partial charge >= 0.3 is 5.97 Å². The number of carbonyl (C=O) groups is 2. The first-order chi connectivity index (χ1) is 13.3. The van der Waals surface area contributed by atoms with Crippen LogP contribution >= 0.6 is 0 Å². The quantitative estimate of drug-likeness (QED) is 0.392. The second-order valence-electron chi connectivity index (χ2n) is 6.14. The number of hydrogen-bond acceptors (Lipinski definition) is 6. The lowest BCUT2D eigenvalue weighted by Crippen LogP contribution is -2.31. The first-order valence-corrected chi connectivity index (χ1v) is 8.73. The molecule has 8 nitrogen and oxygen atoms in total. The highest BCUT2D eigenvalue weighted by molar-refractivity contribution is 5.98. The van der Waals surface area contributed by atoms with Crippen molar-refractivity contribution in [3.05, 3.63) is 69.3 Å². The van der Waals surface area contributed by atoms with Crippen molar-refractivity contribution in [2.24, 2.45) is 0 Å². The van der Waals surface area contributed by atoms with Gasteiger partial charge in [-0.2, -0.15) is 0 Å². The minimum absolute atomic E-state index is 0.0373. The highest BCUT2D eigenvalue weighted by Gasteiger charge is 2.20. The summed E-state index contributed by atoms with van der Waals surface area (Å²) in [5.41, 5.74) is 0.711. The number of aryl methyl sites for hydroxylation is 1. The number of ether oxygens (including phenoxy) is 2. The number of amides is 1. The SMILES string of the molecule is CCOC(=O)c1cc(C(=O)N(C)CCOc2cccc(C)c2)cc([N+](=O)[O-])c1. The van der Waals surface area contributed by atoms with Crippen LogP contribution in [0.5, 0.6) is 5.75 Å². The Kier molecular flexibility index (Phi) is 7.08. The summed E-state index contributed by atoms with van der Waals surface area (Å²) < 4.78 is 10.5. The van der Waals surface area contributed by atoms with E-state index < -0.39 is 16.8 Å². The van der Waals surface area contributed by atoms with Crippen LogP contribution < -0.4 is 4.74 Å². The number of rotatable bonds is 8. The Hall–Kier alpha value is -3.42. The molecule has 0 saturated carbocycles. The smallest absolute Gasteiger partial charge is 0.338 e. The predicted octanol–water partition coefficient (Wildman–Crippen LogP) is 3.23. The van der Waals surface area contributed by atoms with Crippen molar-refractivity contribution in [2.45, 2.75) is 13.8 Å². The molecule has 1 amide bonds. The number of nitro benzene ring substituents is 1. The molecule has 0 bridgehead atoms. The monoisotopic (exact) mass is 386 g/mol. The zero-order chi connectivity index (χ0) is 20.7. The second kappa shape index (κ2) is 9.50. The van der Waals surface area contributed by atoms with Gasteiger partial charge in [0, 0.05) is 24.7 Å². The third kappa shape index (κ3) is 5.54. The third-order valence-corrected chi connectivity index (χ3v) is 3.92. The number of carbonyl (C=O) groups excluding carboxylic acids is 2. The summed E-state index contributed by atoms with van der Waals surface area (Å²) in [4.78, 5) is 36.4. The minimum Gasteiger partial charge on any atom is -0.492 e. The van der Waals surface area contributed by atoms with Gasteiger partial charge in [-0.05, 0) is 37.6 Å². The van der Waals surface area contributed by atoms with Gasteiger partial charge in [0.25, 0.3) is 11.6 Å². The summed E-state index contributed by atoms with van der Waals surface area (Å²) in [6.45, 7) is 4.23. The molecule has 148 valence electrons. The van der Waals surface area contributed by atoms with E-state index in [4.69, 9.17) is 9.47 Å². The lowest BCUT2D eigenvalue weighted by atomic mass is 10.1. The van der Waals surface area contributed by atoms with Gasteiger partial charge < -0.3 is 14.4 Å². The zero-order valence-corrected chi connectivity index (χ0v) is 16.0. The van der Waals surface area contributed by atoms with Crippen LogP contribution in [0.15, 0.2) is 42.5 Å². The van der Waals surface area contributed by atoms with E-state index in [-0.39, 0.29) is 36.6 Å². The fraction of sp³-hybridized carbons (Fsp3) is 0.300. The molecule has 0 aliphatic heterocycles. The lowest BCUT2D eigenvalue weighted by Gasteiger charge is -2.18. The van der Waals surface area contributed by atoms with Gasteiger partial charge in [-0.15, -0.1) is 0 Å². The standard InChI is InChI=1S/C20H22N2O6/c1-4-27-20(24)16-11-15(12-17(13-16)22(25)26)19(23)21(3)8-9-28-18-7-5-6-14(2)10-18/h5-7,10-13H,4,8-9H2,1-3H3. The van der Waals surface area contributed by atoms with Crippen molar-refractivity contribution in [2.75, 3.05) is 26.8 Å². The van der Waals surface area contributed by atoms with Crippen LogP contribution in [0, 0.1) is 17.0 Å². The Labute approximate surface area is 162 Å². The molecular formula is C20H22N2O6. The van der Waals surface area contributed by atoms with Gasteiger partial charge in [0.05, 0.1) is 23.6 Å². The lowest BCUT2D eigenvalue weighted by molar-refractivity contribution is -0.384. The van der Waals surface area contributed by atoms with Crippen molar-refractivity contribution >= 4 is 17.6 Å². The molecule has 0 saturated heterocycles. The third-order valence-electron chi connectivity index (χ3n) is 3.92. The maximum absolute atomic E-state index is 12.6. The average Bonchev–Trinajstić information content (AvgIpc) is 2.67. The normalized spacial score (nSPS) is 10.2. The van der Waals surface area contributed by atoms with Crippen molar-refractivity contribution < 1.29 is 24.0 Å². The van der Waals surface area contributed by atoms with Crippen molar-refractivity contribution in [3.63, 3.8) is 0 Å². The van der Waals surface area contributed by atoms with E-state index in [0.717, 1.165) is 17.7 Å². The van der Waals surface area contributed by atoms with Crippen LogP contribution in [0.1, 0.15) is 33.2 Å². The minimum atomic E-state index is -0.717. The van der Waals surface area contributed by atoms with E-state index in [1.54, 1.807) is 14.0 Å². The Morgan fingerprint density at radius 2 is 1.86 bits per heavy atom. The Balaban J connectivity index is 2.10. The summed E-state index contributed by atoms with van der Waals surface area (Å²) >= 11 is 0. The molecule has 8 heteroatoms. The van der Waals surface area contributed by atoms with Crippen LogP contribution in [-0.2, 0) is 4.74 Å². The number of non-ortho nitro benzene ring substituents is 1. The molecule has 0 radical (unpaired) electrons. The molecule has 2 aromatic rings. The van der Waals surface area contributed by atoms with E-state index in [2.05, 4.69) is 0 Å². The van der Waals surface area contributed by atoms with Crippen molar-refractivity contribution in [1.82, 2.24) is 4.90 Å². The molecule has 28 heavy (non-hydrogen) atoms. The number of nitro groups is 1. The molecule has 0 aliphatic rings. The van der Waals surface area contributed by atoms with Gasteiger partial charge in [0.1, 0.15) is 12.4 Å². The molecule has 2 rings (SSSR count). The molecule has 0 atom stereocenters. The molecule has 0 N–H and O–H groups in total. The number of likely N-dealkylation sites (N-methyl/N-ethyl adjacent to an activating group) is 1. The van der Waals surface area contributed by atoms with Crippen LogP contribution in [-0.4, -0.2) is 48.5 Å². The van der Waals surface area contributed by atoms with Crippen LogP contribution in [0.4, 0.5) is 5.69 Å².